The molecule has 2 rings (SSSR count). The third kappa shape index (κ3) is 2.38. The van der Waals surface area contributed by atoms with Crippen molar-refractivity contribution in [2.45, 2.75) is 44.8 Å². The van der Waals surface area contributed by atoms with Crippen molar-refractivity contribution < 1.29 is 23.8 Å². The Morgan fingerprint density at radius 1 is 1.55 bits per heavy atom. The molecule has 2 aliphatic rings. The van der Waals surface area contributed by atoms with Gasteiger partial charge in [-0.3, -0.25) is 9.59 Å². The molecule has 0 aromatic carbocycles. The second-order valence-corrected chi connectivity index (χ2v) is 5.86. The second-order valence-electron chi connectivity index (χ2n) is 5.86. The third-order valence-electron chi connectivity index (χ3n) is 3.88. The van der Waals surface area contributed by atoms with Gasteiger partial charge in [-0.25, -0.2) is 0 Å². The highest BCUT2D eigenvalue weighted by Crippen LogP contribution is 2.47. The van der Waals surface area contributed by atoms with Crippen LogP contribution in [0, 0.1) is 23.2 Å². The first-order chi connectivity index (χ1) is 9.35. The fourth-order valence-electron chi connectivity index (χ4n) is 3.14. The fraction of sp³-hybridized carbons (Fsp3) is 0.786. The minimum absolute atomic E-state index is 0.169. The van der Waals surface area contributed by atoms with Gasteiger partial charge in [-0.15, -0.1) is 0 Å². The molecular formula is C14H19NO5. The molecular weight excluding hydrogens is 262 g/mol. The third-order valence-corrected chi connectivity index (χ3v) is 3.88. The highest BCUT2D eigenvalue weighted by atomic mass is 16.6. The molecule has 0 aromatic heterocycles. The molecule has 2 fully saturated rings. The summed E-state index contributed by atoms with van der Waals surface area (Å²) in [5, 5.41) is 9.43. The first kappa shape index (κ1) is 14.8. The summed E-state index contributed by atoms with van der Waals surface area (Å²) in [6, 6.07) is 2.08. The zero-order chi connectivity index (χ0) is 15.0. The van der Waals surface area contributed by atoms with Crippen molar-refractivity contribution in [1.82, 2.24) is 0 Å². The lowest BCUT2D eigenvalue weighted by atomic mass is 9.73. The van der Waals surface area contributed by atoms with Gasteiger partial charge in [0.15, 0.2) is 5.92 Å². The number of esters is 2. The number of hydrogen-bond acceptors (Lipinski definition) is 6. The Morgan fingerprint density at radius 2 is 2.25 bits per heavy atom. The predicted molar refractivity (Wildman–Crippen MR) is 67.3 cm³/mol. The van der Waals surface area contributed by atoms with E-state index in [-0.39, 0.29) is 6.61 Å². The van der Waals surface area contributed by atoms with E-state index in [0.29, 0.717) is 19.4 Å². The van der Waals surface area contributed by atoms with Crippen molar-refractivity contribution in [3.8, 4) is 6.07 Å². The zero-order valence-corrected chi connectivity index (χ0v) is 12.0. The van der Waals surface area contributed by atoms with Gasteiger partial charge in [-0.1, -0.05) is 0 Å². The van der Waals surface area contributed by atoms with Crippen LogP contribution in [-0.4, -0.2) is 36.4 Å². The van der Waals surface area contributed by atoms with E-state index in [0.717, 1.165) is 0 Å². The highest BCUT2D eigenvalue weighted by Gasteiger charge is 2.62. The zero-order valence-electron chi connectivity index (χ0n) is 12.0. The summed E-state index contributed by atoms with van der Waals surface area (Å²) < 4.78 is 16.0. The van der Waals surface area contributed by atoms with Crippen molar-refractivity contribution in [3.63, 3.8) is 0 Å². The molecule has 0 unspecified atom stereocenters. The Hall–Kier alpha value is -1.61. The Balaban J connectivity index is 2.31. The van der Waals surface area contributed by atoms with E-state index in [1.54, 1.807) is 6.92 Å². The molecule has 2 aliphatic heterocycles. The molecule has 6 nitrogen and oxygen atoms in total. The van der Waals surface area contributed by atoms with Crippen LogP contribution in [0.2, 0.25) is 0 Å². The molecule has 0 bridgehead atoms. The average molecular weight is 281 g/mol. The lowest BCUT2D eigenvalue weighted by Crippen LogP contribution is -2.50. The number of nitrogens with zero attached hydrogens (tertiary/aromatic N) is 1. The van der Waals surface area contributed by atoms with Crippen LogP contribution in [0.1, 0.15) is 33.6 Å². The molecule has 0 amide bonds. The summed E-state index contributed by atoms with van der Waals surface area (Å²) in [6.07, 6.45) is 0.830. The largest absolute Gasteiger partial charge is 0.465 e. The van der Waals surface area contributed by atoms with Crippen LogP contribution in [-0.2, 0) is 23.8 Å². The smallest absolute Gasteiger partial charge is 0.322 e. The van der Waals surface area contributed by atoms with Gasteiger partial charge in [0.2, 0.25) is 0 Å². The molecule has 0 aliphatic carbocycles. The van der Waals surface area contributed by atoms with E-state index in [2.05, 4.69) is 6.07 Å². The Bertz CT molecular complexity index is 467. The maximum Gasteiger partial charge on any atom is 0.322 e. The van der Waals surface area contributed by atoms with Gasteiger partial charge in [-0.2, -0.15) is 5.26 Å². The van der Waals surface area contributed by atoms with Gasteiger partial charge in [0.1, 0.15) is 11.5 Å². The minimum atomic E-state index is -1.14. The van der Waals surface area contributed by atoms with Crippen LogP contribution >= 0.6 is 0 Å². The molecule has 2 saturated heterocycles. The number of nitriles is 1. The topological polar surface area (TPSA) is 85.6 Å². The molecule has 3 atom stereocenters. The maximum absolute atomic E-state index is 12.0. The first-order valence-electron chi connectivity index (χ1n) is 6.78. The molecule has 6 heteroatoms. The van der Waals surface area contributed by atoms with Crippen LogP contribution < -0.4 is 0 Å². The van der Waals surface area contributed by atoms with E-state index in [1.165, 1.54) is 0 Å². The molecule has 0 aromatic rings. The Morgan fingerprint density at radius 3 is 2.80 bits per heavy atom. The van der Waals surface area contributed by atoms with Gasteiger partial charge in [0, 0.05) is 12.8 Å². The molecule has 2 heterocycles. The van der Waals surface area contributed by atoms with Gasteiger partial charge in [-0.05, 0) is 20.8 Å². The van der Waals surface area contributed by atoms with E-state index >= 15 is 0 Å². The number of carbonyl (C=O) groups is 2. The molecule has 110 valence electrons. The van der Waals surface area contributed by atoms with Crippen LogP contribution in [0.15, 0.2) is 0 Å². The van der Waals surface area contributed by atoms with E-state index in [1.807, 2.05) is 13.8 Å². The Kier molecular flexibility index (Phi) is 3.74. The van der Waals surface area contributed by atoms with Gasteiger partial charge < -0.3 is 14.2 Å². The second kappa shape index (κ2) is 5.06. The van der Waals surface area contributed by atoms with Crippen molar-refractivity contribution in [2.24, 2.45) is 11.8 Å². The van der Waals surface area contributed by atoms with E-state index in [4.69, 9.17) is 14.2 Å². The Labute approximate surface area is 118 Å². The lowest BCUT2D eigenvalue weighted by molar-refractivity contribution is -0.175. The summed E-state index contributed by atoms with van der Waals surface area (Å²) in [6.45, 7) is 5.99. The summed E-state index contributed by atoms with van der Waals surface area (Å²) in [5.74, 6) is -3.30. The molecule has 1 spiro atoms. The first-order valence-corrected chi connectivity index (χ1v) is 6.78. The van der Waals surface area contributed by atoms with Gasteiger partial charge in [0.05, 0.1) is 24.9 Å². The van der Waals surface area contributed by atoms with Crippen LogP contribution in [0.25, 0.3) is 0 Å². The highest BCUT2D eigenvalue weighted by molar-refractivity contribution is 5.97. The number of hydrogen-bond donors (Lipinski definition) is 0. The van der Waals surface area contributed by atoms with Crippen molar-refractivity contribution in [1.29, 1.82) is 5.26 Å². The van der Waals surface area contributed by atoms with Gasteiger partial charge >= 0.3 is 11.9 Å². The normalized spacial score (nSPS) is 35.4. The van der Waals surface area contributed by atoms with Crippen molar-refractivity contribution in [2.75, 3.05) is 13.2 Å². The summed E-state index contributed by atoms with van der Waals surface area (Å²) in [7, 11) is 0. The minimum Gasteiger partial charge on any atom is -0.465 e. The van der Waals surface area contributed by atoms with E-state index in [9.17, 15) is 14.9 Å². The quantitative estimate of drug-likeness (QED) is 0.558. The molecule has 20 heavy (non-hydrogen) atoms. The molecule has 0 radical (unpaired) electrons. The molecule has 0 N–H and O–H groups in total. The monoisotopic (exact) mass is 281 g/mol. The standard InChI is InChI=1S/C14H19NO5/c1-4-18-11(16)10-9(7-15)14(20-12(10)17)5-6-19-13(2,3)8-14/h9-10H,4-6,8H2,1-3H3/t9-,10-,14-/m1/s1. The summed E-state index contributed by atoms with van der Waals surface area (Å²) in [4.78, 5) is 23.9. The number of carbonyl (C=O) groups excluding carboxylic acids is 2. The maximum atomic E-state index is 12.0. The van der Waals surface area contributed by atoms with Crippen LogP contribution in [0.3, 0.4) is 0 Å². The van der Waals surface area contributed by atoms with Crippen molar-refractivity contribution >= 4 is 11.9 Å². The number of rotatable bonds is 2. The average Bonchev–Trinajstić information content (AvgIpc) is 2.59. The molecule has 0 saturated carbocycles. The summed E-state index contributed by atoms with van der Waals surface area (Å²) >= 11 is 0. The van der Waals surface area contributed by atoms with Gasteiger partial charge in [0.25, 0.3) is 0 Å². The number of ether oxygens (including phenoxy) is 3. The van der Waals surface area contributed by atoms with Crippen molar-refractivity contribution in [3.05, 3.63) is 0 Å². The van der Waals surface area contributed by atoms with Crippen LogP contribution in [0.5, 0.6) is 0 Å². The van der Waals surface area contributed by atoms with E-state index < -0.39 is 35.0 Å². The fourth-order valence-corrected chi connectivity index (χ4v) is 3.14. The lowest BCUT2D eigenvalue weighted by Gasteiger charge is -2.42. The predicted octanol–water partition coefficient (Wildman–Crippen LogP) is 1.19. The van der Waals surface area contributed by atoms with Crippen LogP contribution in [0.4, 0.5) is 0 Å². The summed E-state index contributed by atoms with van der Waals surface area (Å²) in [5.41, 5.74) is -1.43. The SMILES string of the molecule is CCOC(=O)[C@@H]1C(=O)O[C@@]2(CCOC(C)(C)C2)[C@@H]1C#N.